The smallest absolute Gasteiger partial charge is 0.287 e. The zero-order valence-electron chi connectivity index (χ0n) is 14.1. The number of hydrogen-bond acceptors (Lipinski definition) is 8. The lowest BCUT2D eigenvalue weighted by Gasteiger charge is -2.23. The minimum Gasteiger partial charge on any atom is -0.345 e. The fourth-order valence-corrected chi connectivity index (χ4v) is 3.70. The Bertz CT molecular complexity index is 995. The Morgan fingerprint density at radius 3 is 2.67 bits per heavy atom. The van der Waals surface area contributed by atoms with E-state index in [9.17, 15) is 8.42 Å². The average molecular weight is 439 g/mol. The molecule has 2 aromatic heterocycles. The Balaban J connectivity index is 0.00000210. The van der Waals surface area contributed by atoms with E-state index in [-0.39, 0.29) is 17.6 Å². The van der Waals surface area contributed by atoms with Crippen molar-refractivity contribution in [3.05, 3.63) is 29.3 Å². The number of nitrogens with zero attached hydrogens (tertiary/aromatic N) is 4. The molecule has 2 saturated heterocycles. The van der Waals surface area contributed by atoms with E-state index in [4.69, 9.17) is 30.4 Å². The van der Waals surface area contributed by atoms with Gasteiger partial charge in [0.25, 0.3) is 10.1 Å². The van der Waals surface area contributed by atoms with E-state index in [1.54, 1.807) is 18.4 Å². The van der Waals surface area contributed by atoms with Gasteiger partial charge in [0.2, 0.25) is 0 Å². The summed E-state index contributed by atoms with van der Waals surface area (Å²) in [6.45, 7) is 3.49. The molecule has 0 aliphatic carbocycles. The monoisotopic (exact) mass is 438 g/mol. The molecule has 2 aromatic rings. The van der Waals surface area contributed by atoms with Crippen molar-refractivity contribution in [3.8, 4) is 0 Å². The lowest BCUT2D eigenvalue weighted by molar-refractivity contribution is -0.191. The van der Waals surface area contributed by atoms with Crippen molar-refractivity contribution in [2.45, 2.75) is 44.2 Å². The Labute approximate surface area is 165 Å². The van der Waals surface area contributed by atoms with Gasteiger partial charge in [-0.25, -0.2) is 15.0 Å². The van der Waals surface area contributed by atoms with Crippen molar-refractivity contribution in [2.24, 2.45) is 0 Å². The van der Waals surface area contributed by atoms with Crippen LogP contribution in [0.25, 0.3) is 11.2 Å². The topological polar surface area (TPSA) is 126 Å². The van der Waals surface area contributed by atoms with Crippen molar-refractivity contribution < 1.29 is 27.2 Å². The van der Waals surface area contributed by atoms with Crippen molar-refractivity contribution in [1.82, 2.24) is 19.5 Å². The van der Waals surface area contributed by atoms with Gasteiger partial charge < -0.3 is 14.2 Å². The van der Waals surface area contributed by atoms with Gasteiger partial charge in [-0.2, -0.15) is 8.42 Å². The van der Waals surface area contributed by atoms with Crippen LogP contribution in [0, 0.1) is 0 Å². The summed E-state index contributed by atoms with van der Waals surface area (Å²) in [6, 6.07) is 0. The van der Waals surface area contributed by atoms with E-state index in [0.29, 0.717) is 16.6 Å². The van der Waals surface area contributed by atoms with Crippen LogP contribution in [0.3, 0.4) is 0 Å². The third-order valence-electron chi connectivity index (χ3n) is 4.09. The van der Waals surface area contributed by atoms with E-state index in [0.717, 1.165) is 0 Å². The highest BCUT2D eigenvalue weighted by atomic mass is 35.5. The fraction of sp³-hybridized carbons (Fsp3) is 0.500. The van der Waals surface area contributed by atoms with Crippen LogP contribution in [0.5, 0.6) is 0 Å². The molecule has 0 saturated carbocycles. The molecule has 4 rings (SSSR count). The molecule has 4 heterocycles. The van der Waals surface area contributed by atoms with Crippen LogP contribution in [0.15, 0.2) is 24.1 Å². The summed E-state index contributed by atoms with van der Waals surface area (Å²) < 4.78 is 50.3. The summed E-state index contributed by atoms with van der Waals surface area (Å²) in [7, 11) is -4.29. The molecule has 27 heavy (non-hydrogen) atoms. The number of halogens is 2. The molecule has 0 aromatic carbocycles. The third-order valence-corrected chi connectivity index (χ3v) is 4.87. The Morgan fingerprint density at radius 1 is 1.26 bits per heavy atom. The van der Waals surface area contributed by atoms with Gasteiger partial charge in [0, 0.05) is 0 Å². The van der Waals surface area contributed by atoms with Crippen LogP contribution in [-0.2, 0) is 24.3 Å². The zero-order valence-corrected chi connectivity index (χ0v) is 16.5. The standard InChI is InChI=1S/C14H15ClN4O6S.ClH/c1-14(2)24-9-7(3-4-26(20,21)22)23-13(10(9)25-14)19-6-18-8-11(15)16-5-17-12(8)19;/h3-7,9-10,13H,1-2H3,(H,20,21,22);1H/t7-,9-,10-,13-;/m1./s1. The van der Waals surface area contributed by atoms with Crippen molar-refractivity contribution in [3.63, 3.8) is 0 Å². The first-order chi connectivity index (χ1) is 12.1. The second kappa shape index (κ2) is 6.92. The number of aromatic nitrogens is 4. The highest BCUT2D eigenvalue weighted by Gasteiger charge is 2.55. The summed E-state index contributed by atoms with van der Waals surface area (Å²) in [6.07, 6.45) is 1.45. The Morgan fingerprint density at radius 2 is 1.96 bits per heavy atom. The summed E-state index contributed by atoms with van der Waals surface area (Å²) >= 11 is 6.03. The molecular weight excluding hydrogens is 423 g/mol. The molecule has 0 radical (unpaired) electrons. The van der Waals surface area contributed by atoms with Gasteiger partial charge in [-0.05, 0) is 19.9 Å². The first kappa shape index (κ1) is 20.4. The molecule has 0 unspecified atom stereocenters. The predicted octanol–water partition coefficient (Wildman–Crippen LogP) is 1.72. The van der Waals surface area contributed by atoms with Crippen LogP contribution >= 0.6 is 24.0 Å². The molecule has 2 aliphatic heterocycles. The minimum absolute atomic E-state index is 0. The lowest BCUT2D eigenvalue weighted by atomic mass is 10.1. The predicted molar refractivity (Wildman–Crippen MR) is 96.0 cm³/mol. The van der Waals surface area contributed by atoms with E-state index >= 15 is 0 Å². The molecule has 10 nitrogen and oxygen atoms in total. The van der Waals surface area contributed by atoms with Gasteiger partial charge in [-0.1, -0.05) is 11.6 Å². The second-order valence-electron chi connectivity index (χ2n) is 6.39. The van der Waals surface area contributed by atoms with E-state index < -0.39 is 40.4 Å². The molecule has 148 valence electrons. The summed E-state index contributed by atoms with van der Waals surface area (Å²) in [5.74, 6) is -0.884. The van der Waals surface area contributed by atoms with E-state index in [1.807, 2.05) is 0 Å². The van der Waals surface area contributed by atoms with Gasteiger partial charge in [-0.3, -0.25) is 9.12 Å². The Hall–Kier alpha value is -1.34. The van der Waals surface area contributed by atoms with Crippen LogP contribution < -0.4 is 0 Å². The molecule has 0 spiro atoms. The first-order valence-corrected chi connectivity index (χ1v) is 9.52. The molecular formula is C14H16Cl2N4O6S. The highest BCUT2D eigenvalue weighted by molar-refractivity contribution is 7.88. The van der Waals surface area contributed by atoms with Crippen LogP contribution in [0.4, 0.5) is 0 Å². The number of rotatable bonds is 3. The van der Waals surface area contributed by atoms with E-state index in [2.05, 4.69) is 15.0 Å². The zero-order chi connectivity index (χ0) is 18.7. The first-order valence-electron chi connectivity index (χ1n) is 7.64. The number of hydrogen-bond donors (Lipinski definition) is 1. The molecule has 2 aliphatic rings. The molecule has 1 N–H and O–H groups in total. The highest BCUT2D eigenvalue weighted by Crippen LogP contribution is 2.44. The summed E-state index contributed by atoms with van der Waals surface area (Å²) in [4.78, 5) is 12.3. The van der Waals surface area contributed by atoms with Gasteiger partial charge in [0.1, 0.15) is 30.2 Å². The van der Waals surface area contributed by atoms with Gasteiger partial charge >= 0.3 is 0 Å². The van der Waals surface area contributed by atoms with Crippen LogP contribution in [0.1, 0.15) is 20.1 Å². The quantitative estimate of drug-likeness (QED) is 0.562. The van der Waals surface area contributed by atoms with Crippen molar-refractivity contribution in [2.75, 3.05) is 0 Å². The summed E-state index contributed by atoms with van der Waals surface area (Å²) in [5, 5.41) is 0.867. The largest absolute Gasteiger partial charge is 0.345 e. The molecule has 2 fully saturated rings. The van der Waals surface area contributed by atoms with Crippen molar-refractivity contribution in [1.29, 1.82) is 0 Å². The number of fused-ring (bicyclic) bond motifs is 2. The maximum Gasteiger partial charge on any atom is 0.287 e. The average Bonchev–Trinajstić information content (AvgIpc) is 3.16. The second-order valence-corrected chi connectivity index (χ2v) is 8.05. The maximum absolute atomic E-state index is 11.0. The fourth-order valence-electron chi connectivity index (χ4n) is 3.17. The molecule has 13 heteroatoms. The van der Waals surface area contributed by atoms with E-state index in [1.165, 1.54) is 18.7 Å². The SMILES string of the molecule is CC1(C)O[C@@H]2[C@H](O1)[C@@H](C=CS(=O)(=O)O)O[C@H]2n1cnc2c(Cl)ncnc21.Cl. The normalized spacial score (nSPS) is 29.9. The third kappa shape index (κ3) is 3.81. The minimum atomic E-state index is -4.29. The number of imidazole rings is 1. The van der Waals surface area contributed by atoms with Crippen LogP contribution in [-0.4, -0.2) is 56.6 Å². The van der Waals surface area contributed by atoms with Gasteiger partial charge in [-0.15, -0.1) is 12.4 Å². The summed E-state index contributed by atoms with van der Waals surface area (Å²) in [5.41, 5.74) is 0.853. The Kier molecular flexibility index (Phi) is 5.23. The van der Waals surface area contributed by atoms with Gasteiger partial charge in [0.05, 0.1) is 11.7 Å². The molecule has 4 atom stereocenters. The van der Waals surface area contributed by atoms with Crippen molar-refractivity contribution >= 4 is 45.3 Å². The maximum atomic E-state index is 11.0. The number of ether oxygens (including phenoxy) is 3. The van der Waals surface area contributed by atoms with Gasteiger partial charge in [0.15, 0.2) is 22.8 Å². The molecule has 0 amide bonds. The lowest BCUT2D eigenvalue weighted by Crippen LogP contribution is -2.28. The molecule has 0 bridgehead atoms. The van der Waals surface area contributed by atoms with Crippen LogP contribution in [0.2, 0.25) is 5.15 Å².